The molecule has 0 aromatic heterocycles. The Labute approximate surface area is 211 Å². The van der Waals surface area contributed by atoms with Gasteiger partial charge in [-0.1, -0.05) is 43.3 Å². The Morgan fingerprint density at radius 2 is 1.83 bits per heavy atom. The number of nitrogens with zero attached hydrogens (tertiary/aromatic N) is 2. The van der Waals surface area contributed by atoms with E-state index in [1.54, 1.807) is 24.3 Å². The molecule has 6 heteroatoms. The number of ether oxygens (including phenoxy) is 1. The van der Waals surface area contributed by atoms with E-state index in [0.29, 0.717) is 46.0 Å². The summed E-state index contributed by atoms with van der Waals surface area (Å²) >= 11 is 0. The number of likely N-dealkylation sites (tertiary alicyclic amines) is 1. The zero-order valence-corrected chi connectivity index (χ0v) is 20.8. The number of Topliss-reactive ketones (excluding diaryl/α,β-unsaturated/α-hetero) is 2. The van der Waals surface area contributed by atoms with Crippen LogP contribution in [-0.4, -0.2) is 54.5 Å². The molecule has 1 saturated heterocycles. The molecule has 1 unspecified atom stereocenters. The number of benzene rings is 2. The van der Waals surface area contributed by atoms with Gasteiger partial charge < -0.3 is 15.0 Å². The maximum Gasteiger partial charge on any atom is 0.196 e. The molecule has 184 valence electrons. The lowest BCUT2D eigenvalue weighted by Gasteiger charge is -2.34. The summed E-state index contributed by atoms with van der Waals surface area (Å²) in [4.78, 5) is 34.9. The van der Waals surface area contributed by atoms with E-state index in [4.69, 9.17) is 9.73 Å². The van der Waals surface area contributed by atoms with Crippen LogP contribution in [0.3, 0.4) is 0 Å². The highest BCUT2D eigenvalue weighted by atomic mass is 16.5. The Hall–Kier alpha value is -3.51. The number of para-hydroxylation sites is 1. The van der Waals surface area contributed by atoms with Crippen LogP contribution in [0.5, 0.6) is 5.75 Å². The molecule has 2 aromatic rings. The molecule has 2 aliphatic carbocycles. The summed E-state index contributed by atoms with van der Waals surface area (Å²) in [5.74, 6) is 1.14. The van der Waals surface area contributed by atoms with E-state index in [2.05, 4.69) is 17.1 Å². The summed E-state index contributed by atoms with van der Waals surface area (Å²) in [6.07, 6.45) is 4.92. The smallest absolute Gasteiger partial charge is 0.196 e. The van der Waals surface area contributed by atoms with Crippen molar-refractivity contribution in [2.75, 3.05) is 26.2 Å². The first kappa shape index (κ1) is 22.9. The molecule has 0 radical (unpaired) electrons. The topological polar surface area (TPSA) is 71.0 Å². The van der Waals surface area contributed by atoms with Crippen LogP contribution in [0.1, 0.15) is 52.5 Å². The van der Waals surface area contributed by atoms with Crippen LogP contribution in [0.4, 0.5) is 5.69 Å². The van der Waals surface area contributed by atoms with Gasteiger partial charge in [-0.25, -0.2) is 4.99 Å². The van der Waals surface area contributed by atoms with E-state index in [1.807, 2.05) is 31.2 Å². The fourth-order valence-corrected chi connectivity index (χ4v) is 5.83. The molecule has 2 aromatic carbocycles. The van der Waals surface area contributed by atoms with E-state index in [1.165, 1.54) is 12.8 Å². The zero-order valence-electron chi connectivity index (χ0n) is 20.8. The number of piperidine rings is 1. The molecule has 2 heterocycles. The number of hydrogen-bond donors (Lipinski definition) is 1. The average molecular weight is 482 g/mol. The molecule has 6 rings (SSSR count). The van der Waals surface area contributed by atoms with Crippen molar-refractivity contribution in [2.24, 2.45) is 10.9 Å². The molecule has 6 nitrogen and oxygen atoms in total. The third-order valence-electron chi connectivity index (χ3n) is 7.63. The molecule has 2 aliphatic heterocycles. The van der Waals surface area contributed by atoms with Crippen molar-refractivity contribution in [2.45, 2.75) is 39.2 Å². The molecule has 0 saturated carbocycles. The van der Waals surface area contributed by atoms with Crippen LogP contribution in [-0.2, 0) is 0 Å². The number of hydrogen-bond acceptors (Lipinski definition) is 6. The van der Waals surface area contributed by atoms with Crippen LogP contribution < -0.4 is 10.1 Å². The first-order valence-electron chi connectivity index (χ1n) is 13.0. The Morgan fingerprint density at radius 1 is 1.06 bits per heavy atom. The molecule has 0 spiro atoms. The summed E-state index contributed by atoms with van der Waals surface area (Å²) in [5.41, 5.74) is 4.54. The lowest BCUT2D eigenvalue weighted by molar-refractivity contribution is 0.0978. The highest BCUT2D eigenvalue weighted by Gasteiger charge is 2.43. The Balaban J connectivity index is 1.33. The fraction of sp³-hybridized carbons (Fsp3) is 0.367. The van der Waals surface area contributed by atoms with Crippen molar-refractivity contribution < 1.29 is 14.3 Å². The largest absolute Gasteiger partial charge is 0.478 e. The SMILES string of the molecule is Cc1cccc2c1N=C1C3=C(C(=O)c4ccccc4C3=O)C(NCCCN3CCC[C@@H](C)C3)=CC1O2. The van der Waals surface area contributed by atoms with Crippen molar-refractivity contribution in [3.63, 3.8) is 0 Å². The summed E-state index contributed by atoms with van der Waals surface area (Å²) in [7, 11) is 0. The van der Waals surface area contributed by atoms with E-state index in [-0.39, 0.29) is 11.6 Å². The van der Waals surface area contributed by atoms with Crippen molar-refractivity contribution in [1.82, 2.24) is 10.2 Å². The number of ketones is 2. The third kappa shape index (κ3) is 3.90. The van der Waals surface area contributed by atoms with Gasteiger partial charge in [-0.15, -0.1) is 0 Å². The minimum Gasteiger partial charge on any atom is -0.478 e. The Morgan fingerprint density at radius 3 is 2.61 bits per heavy atom. The van der Waals surface area contributed by atoms with Crippen LogP contribution in [0.15, 0.2) is 70.4 Å². The molecule has 0 amide bonds. The highest BCUT2D eigenvalue weighted by molar-refractivity contribution is 6.40. The van der Waals surface area contributed by atoms with Gasteiger partial charge in [0.15, 0.2) is 17.7 Å². The lowest BCUT2D eigenvalue weighted by Crippen LogP contribution is -2.42. The molecule has 1 fully saturated rings. The average Bonchev–Trinajstić information content (AvgIpc) is 2.88. The molecule has 36 heavy (non-hydrogen) atoms. The molecule has 2 atom stereocenters. The minimum atomic E-state index is -0.523. The van der Waals surface area contributed by atoms with Crippen LogP contribution >= 0.6 is 0 Å². The van der Waals surface area contributed by atoms with Gasteiger partial charge in [0.2, 0.25) is 0 Å². The second kappa shape index (κ2) is 9.17. The Bertz CT molecular complexity index is 1350. The van der Waals surface area contributed by atoms with E-state index in [0.717, 1.165) is 43.2 Å². The van der Waals surface area contributed by atoms with Gasteiger partial charge in [-0.3, -0.25) is 9.59 Å². The van der Waals surface area contributed by atoms with Gasteiger partial charge in [0.05, 0.1) is 16.9 Å². The summed E-state index contributed by atoms with van der Waals surface area (Å²) < 4.78 is 6.33. The van der Waals surface area contributed by atoms with E-state index < -0.39 is 6.10 Å². The number of allylic oxidation sites excluding steroid dienone is 1. The van der Waals surface area contributed by atoms with Gasteiger partial charge in [0.25, 0.3) is 0 Å². The van der Waals surface area contributed by atoms with Crippen molar-refractivity contribution >= 4 is 23.0 Å². The normalized spacial score (nSPS) is 23.1. The van der Waals surface area contributed by atoms with E-state index >= 15 is 0 Å². The lowest BCUT2D eigenvalue weighted by atomic mass is 9.76. The number of nitrogens with one attached hydrogen (secondary N) is 1. The maximum absolute atomic E-state index is 13.8. The number of fused-ring (bicyclic) bond motifs is 4. The molecule has 0 bridgehead atoms. The molecule has 1 N–H and O–H groups in total. The van der Waals surface area contributed by atoms with Crippen molar-refractivity contribution in [3.05, 3.63) is 82.1 Å². The third-order valence-corrected chi connectivity index (χ3v) is 7.63. The zero-order chi connectivity index (χ0) is 24.8. The van der Waals surface area contributed by atoms with Gasteiger partial charge in [-0.05, 0) is 62.9 Å². The predicted molar refractivity (Wildman–Crippen MR) is 140 cm³/mol. The predicted octanol–water partition coefficient (Wildman–Crippen LogP) is 4.81. The monoisotopic (exact) mass is 481 g/mol. The van der Waals surface area contributed by atoms with Crippen LogP contribution in [0, 0.1) is 12.8 Å². The molecular weight excluding hydrogens is 450 g/mol. The standard InChI is InChI=1S/C30H31N3O3/c1-18-8-6-14-33(17-18)15-7-13-31-22-16-24-28(32-27-19(2)9-5-12-23(27)36-24)26-25(22)29(34)20-10-3-4-11-21(20)30(26)35/h3-5,9-12,16,18,24,31H,6-8,13-15,17H2,1-2H3/t18-,24?/m1/s1. The number of aliphatic imine (C=N–C) groups is 1. The Kier molecular flexibility index (Phi) is 5.84. The van der Waals surface area contributed by atoms with Crippen LogP contribution in [0.25, 0.3) is 0 Å². The number of carbonyl (C=O) groups excluding carboxylic acids is 2. The molecule has 4 aliphatic rings. The summed E-state index contributed by atoms with van der Waals surface area (Å²) in [6.45, 7) is 8.32. The second-order valence-electron chi connectivity index (χ2n) is 10.3. The summed E-state index contributed by atoms with van der Waals surface area (Å²) in [5, 5.41) is 3.49. The van der Waals surface area contributed by atoms with Crippen molar-refractivity contribution in [1.29, 1.82) is 0 Å². The van der Waals surface area contributed by atoms with Crippen molar-refractivity contribution in [3.8, 4) is 5.75 Å². The van der Waals surface area contributed by atoms with Crippen LogP contribution in [0.2, 0.25) is 0 Å². The van der Waals surface area contributed by atoms with Gasteiger partial charge >= 0.3 is 0 Å². The van der Waals surface area contributed by atoms with Gasteiger partial charge in [0, 0.05) is 29.9 Å². The maximum atomic E-state index is 13.8. The highest BCUT2D eigenvalue weighted by Crippen LogP contribution is 2.42. The number of rotatable bonds is 5. The van der Waals surface area contributed by atoms with E-state index in [9.17, 15) is 9.59 Å². The molecular formula is C30H31N3O3. The first-order chi connectivity index (χ1) is 17.5. The summed E-state index contributed by atoms with van der Waals surface area (Å²) in [6, 6.07) is 12.9. The van der Waals surface area contributed by atoms with Gasteiger partial charge in [0.1, 0.15) is 11.4 Å². The van der Waals surface area contributed by atoms with Gasteiger partial charge in [-0.2, -0.15) is 0 Å². The second-order valence-corrected chi connectivity index (χ2v) is 10.3. The minimum absolute atomic E-state index is 0.138. The number of aryl methyl sites for hydroxylation is 1. The quantitative estimate of drug-likeness (QED) is 0.621. The fourth-order valence-electron chi connectivity index (χ4n) is 5.83. The first-order valence-corrected chi connectivity index (χ1v) is 13.0. The number of carbonyl (C=O) groups is 2.